The van der Waals surface area contributed by atoms with E-state index >= 15 is 14.4 Å². The summed E-state index contributed by atoms with van der Waals surface area (Å²) < 4.78 is 6.09. The first kappa shape index (κ1) is 80.8. The maximum Gasteiger partial charge on any atom is 0.247 e. The Morgan fingerprint density at radius 2 is 1.03 bits per heavy atom. The number of aromatic amines is 1. The molecule has 10 atom stereocenters. The molecule has 96 heavy (non-hydrogen) atoms. The molecular formula is C70H115N13O13. The number of nitrogens with one attached hydrogen (secondary N) is 6. The van der Waals surface area contributed by atoms with Crippen molar-refractivity contribution in [3.8, 4) is 0 Å². The number of hydrogen-bond donors (Lipinski definition) is 6. The molecule has 2 fully saturated rings. The van der Waals surface area contributed by atoms with Crippen molar-refractivity contribution >= 4 is 81.8 Å². The van der Waals surface area contributed by atoms with Gasteiger partial charge in [-0.2, -0.15) is 0 Å². The largest absolute Gasteiger partial charge is 0.373 e. The van der Waals surface area contributed by atoms with E-state index in [9.17, 15) is 43.2 Å². The lowest BCUT2D eigenvalue weighted by Gasteiger charge is -2.36. The number of fused-ring (bicyclic) bond motifs is 1. The van der Waals surface area contributed by atoms with Crippen LogP contribution < -0.4 is 26.6 Å². The van der Waals surface area contributed by atoms with E-state index in [-0.39, 0.29) is 62.4 Å². The first-order chi connectivity index (χ1) is 44.8. The van der Waals surface area contributed by atoms with E-state index in [2.05, 4.69) is 31.6 Å². The number of para-hydroxylation sites is 1. The molecule has 2 aliphatic rings. The van der Waals surface area contributed by atoms with Gasteiger partial charge in [0.25, 0.3) is 0 Å². The fourth-order valence-corrected chi connectivity index (χ4v) is 11.9. The fourth-order valence-electron chi connectivity index (χ4n) is 11.9. The van der Waals surface area contributed by atoms with Crippen LogP contribution in [0.4, 0.5) is 0 Å². The summed E-state index contributed by atoms with van der Waals surface area (Å²) in [4.78, 5) is 188. The number of aromatic nitrogens is 1. The Balaban J connectivity index is 1.91. The molecule has 2 aliphatic heterocycles. The van der Waals surface area contributed by atoms with Gasteiger partial charge in [0.1, 0.15) is 54.4 Å². The van der Waals surface area contributed by atoms with E-state index in [0.29, 0.717) is 37.9 Å². The third kappa shape index (κ3) is 23.3. The Hall–Kier alpha value is -7.64. The van der Waals surface area contributed by atoms with E-state index in [1.165, 1.54) is 68.8 Å². The van der Waals surface area contributed by atoms with Crippen LogP contribution in [-0.2, 0) is 68.7 Å². The van der Waals surface area contributed by atoms with Crippen LogP contribution in [-0.4, -0.2) is 245 Å². The van der Waals surface area contributed by atoms with Crippen LogP contribution in [0.15, 0.2) is 30.5 Å². The molecule has 26 heteroatoms. The third-order valence-corrected chi connectivity index (χ3v) is 18.2. The lowest BCUT2D eigenvalue weighted by atomic mass is 9.94. The minimum atomic E-state index is -1.45. The lowest BCUT2D eigenvalue weighted by molar-refractivity contribution is -0.148. The van der Waals surface area contributed by atoms with Gasteiger partial charge in [-0.1, -0.05) is 93.9 Å². The van der Waals surface area contributed by atoms with Crippen molar-refractivity contribution in [3.63, 3.8) is 0 Å². The van der Waals surface area contributed by atoms with Crippen molar-refractivity contribution in [2.75, 3.05) is 75.1 Å². The van der Waals surface area contributed by atoms with Gasteiger partial charge in [0.15, 0.2) is 0 Å². The highest BCUT2D eigenvalue weighted by molar-refractivity contribution is 6.00. The molecule has 1 aromatic carbocycles. The van der Waals surface area contributed by atoms with Crippen LogP contribution in [0.1, 0.15) is 160 Å². The van der Waals surface area contributed by atoms with E-state index in [4.69, 9.17) is 4.74 Å². The summed E-state index contributed by atoms with van der Waals surface area (Å²) in [7, 11) is 8.44. The second kappa shape index (κ2) is 36.6. The van der Waals surface area contributed by atoms with Crippen LogP contribution in [0.2, 0.25) is 0 Å². The van der Waals surface area contributed by atoms with Crippen molar-refractivity contribution in [1.29, 1.82) is 0 Å². The molecule has 0 saturated carbocycles. The Kier molecular flexibility index (Phi) is 30.8. The Bertz CT molecular complexity index is 3030. The van der Waals surface area contributed by atoms with Gasteiger partial charge in [-0.3, -0.25) is 57.5 Å². The van der Waals surface area contributed by atoms with Crippen LogP contribution in [0.5, 0.6) is 0 Å². The van der Waals surface area contributed by atoms with Crippen molar-refractivity contribution in [1.82, 2.24) is 65.9 Å². The van der Waals surface area contributed by atoms with Gasteiger partial charge in [-0.15, -0.1) is 0 Å². The van der Waals surface area contributed by atoms with Gasteiger partial charge in [0.2, 0.25) is 70.9 Å². The monoisotopic (exact) mass is 1350 g/mol. The van der Waals surface area contributed by atoms with Crippen LogP contribution in [0.25, 0.3) is 10.9 Å². The summed E-state index contributed by atoms with van der Waals surface area (Å²) in [6.45, 7) is 24.5. The molecular weight excluding hydrogens is 1230 g/mol. The Labute approximate surface area is 569 Å². The normalized spacial score (nSPS) is 25.0. The topological polar surface area (TPSA) is 313 Å². The fraction of sp³-hybridized carbons (Fsp3) is 0.714. The number of amides is 12. The molecule has 6 N–H and O–H groups in total. The molecule has 2 saturated heterocycles. The van der Waals surface area contributed by atoms with Gasteiger partial charge < -0.3 is 70.6 Å². The number of H-pyrrole nitrogens is 1. The van der Waals surface area contributed by atoms with Gasteiger partial charge in [-0.25, -0.2) is 0 Å². The van der Waals surface area contributed by atoms with Crippen molar-refractivity contribution in [2.45, 2.75) is 221 Å². The Morgan fingerprint density at radius 3 is 1.55 bits per heavy atom. The number of likely N-dealkylation sites (tertiary alicyclic amines) is 1. The summed E-state index contributed by atoms with van der Waals surface area (Å²) in [6, 6.07) is -4.11. The maximum atomic E-state index is 15.1. The standard InChI is InChI=1S/C70H115N13O13/c1-21-45(10)60-69(95)82(20)56(34-44(8)9)64(90)74-51(35-47-37-71-49-28-24-23-27-48(47)49)66(92)78(16)39-59(86)80(18)54(32-42(4)5)63(89)72-50(31-41(2)3)62(88)75-53(40-96-70(12,13)14)67(93)79(17)46(11)61(87)73-52(68(94)83-29-25-22-26-30-83)36-57(84)77(15)38-58(85)81(19)55(33-43(6)7)65(91)76-60/h23-24,27-28,37,41-46,50-56,60,71H,21-22,25-26,29-36,38-40H2,1-20H3,(H,72,89)(H,73,87)(H,74,90)(H,75,88)(H,76,91)/t45-,46-,50-,51-,52-,53-,54-,55-,56-,60-/m0/s1. The number of nitrogens with zero attached hydrogens (tertiary/aromatic N) is 7. The molecule has 2 aromatic rings. The molecule has 538 valence electrons. The number of likely N-dealkylation sites (N-methyl/N-ethyl adjacent to an activating group) is 6. The zero-order valence-electron chi connectivity index (χ0n) is 61.0. The van der Waals surface area contributed by atoms with E-state index in [1.54, 1.807) is 38.8 Å². The second-order valence-electron chi connectivity index (χ2n) is 29.3. The average Bonchev–Trinajstić information content (AvgIpc) is 1.48. The number of hydrogen-bond acceptors (Lipinski definition) is 13. The van der Waals surface area contributed by atoms with E-state index in [0.717, 1.165) is 27.1 Å². The van der Waals surface area contributed by atoms with Crippen LogP contribution in [0.3, 0.4) is 0 Å². The Morgan fingerprint density at radius 1 is 0.542 bits per heavy atom. The number of piperidine rings is 1. The van der Waals surface area contributed by atoms with Gasteiger partial charge in [0, 0.05) is 78.9 Å². The van der Waals surface area contributed by atoms with Gasteiger partial charge >= 0.3 is 0 Å². The second-order valence-corrected chi connectivity index (χ2v) is 29.3. The number of benzene rings is 1. The van der Waals surface area contributed by atoms with Gasteiger partial charge in [0.05, 0.1) is 31.7 Å². The lowest BCUT2D eigenvalue weighted by Crippen LogP contribution is -2.61. The minimum Gasteiger partial charge on any atom is -0.373 e. The van der Waals surface area contributed by atoms with E-state index in [1.807, 2.05) is 86.6 Å². The predicted molar refractivity (Wildman–Crippen MR) is 367 cm³/mol. The first-order valence-corrected chi connectivity index (χ1v) is 34.3. The summed E-state index contributed by atoms with van der Waals surface area (Å²) >= 11 is 0. The van der Waals surface area contributed by atoms with Crippen LogP contribution in [0, 0.1) is 29.6 Å². The van der Waals surface area contributed by atoms with Crippen molar-refractivity contribution < 1.29 is 62.3 Å². The SMILES string of the molecule is CC[C@H](C)[C@@H]1NC(=O)[C@H](CC(C)C)N(C)C(=O)CN(C)C(=O)C[C@@H](C(=O)N2CCCCC2)NC(=O)[C@H](C)N(C)C(=O)[C@H](COC(C)(C)C)NC(=O)[C@H](CC(C)C)NC(=O)[C@H](CC(C)C)N(C)C(=O)CN(C)C(=O)[C@H](Cc2c[nH]c3ccccc23)NC(=O)[C@H](CC(C)C)N(C)C1=O. The number of carbonyl (C=O) groups excluding carboxylic acids is 12. The summed E-state index contributed by atoms with van der Waals surface area (Å²) in [5, 5.41) is 15.0. The zero-order valence-corrected chi connectivity index (χ0v) is 61.0. The van der Waals surface area contributed by atoms with E-state index < -0.39 is 156 Å². The number of rotatable bonds is 15. The zero-order chi connectivity index (χ0) is 72.4. The molecule has 3 heterocycles. The highest BCUT2D eigenvalue weighted by Crippen LogP contribution is 2.24. The third-order valence-electron chi connectivity index (χ3n) is 18.2. The van der Waals surface area contributed by atoms with Crippen molar-refractivity contribution in [3.05, 3.63) is 36.0 Å². The molecule has 26 nitrogen and oxygen atoms in total. The molecule has 0 bridgehead atoms. The molecule has 0 radical (unpaired) electrons. The van der Waals surface area contributed by atoms with Crippen LogP contribution >= 0.6 is 0 Å². The molecule has 0 spiro atoms. The van der Waals surface area contributed by atoms with Gasteiger partial charge in [-0.05, 0) is 114 Å². The summed E-state index contributed by atoms with van der Waals surface area (Å²) in [5.41, 5.74) is 0.618. The maximum absolute atomic E-state index is 15.1. The first-order valence-electron chi connectivity index (χ1n) is 34.3. The minimum absolute atomic E-state index is 0.0515. The summed E-state index contributed by atoms with van der Waals surface area (Å²) in [5.74, 6) is -9.39. The molecule has 0 unspecified atom stereocenters. The van der Waals surface area contributed by atoms with Crippen molar-refractivity contribution in [2.24, 2.45) is 29.6 Å². The molecule has 4 rings (SSSR count). The highest BCUT2D eigenvalue weighted by Gasteiger charge is 2.42. The molecule has 12 amide bonds. The quantitative estimate of drug-likeness (QED) is 0.148. The smallest absolute Gasteiger partial charge is 0.247 e. The summed E-state index contributed by atoms with van der Waals surface area (Å²) in [6.07, 6.45) is 4.23. The molecule has 0 aliphatic carbocycles. The highest BCUT2D eigenvalue weighted by atomic mass is 16.5. The predicted octanol–water partition coefficient (Wildman–Crippen LogP) is 3.84. The average molecular weight is 1350 g/mol. The number of carbonyl (C=O) groups is 12. The number of ether oxygens (including phenoxy) is 1. The molecule has 1 aromatic heterocycles.